The molecule has 1 fully saturated rings. The van der Waals surface area contributed by atoms with E-state index in [2.05, 4.69) is 26.9 Å². The molecule has 1 aromatic rings. The largest absolute Gasteiger partial charge is 0.379 e. The number of morpholine rings is 1. The van der Waals surface area contributed by atoms with Crippen molar-refractivity contribution in [3.63, 3.8) is 0 Å². The van der Waals surface area contributed by atoms with Gasteiger partial charge < -0.3 is 25.6 Å². The van der Waals surface area contributed by atoms with Crippen molar-refractivity contribution in [3.05, 3.63) is 35.4 Å². The van der Waals surface area contributed by atoms with Gasteiger partial charge in [0, 0.05) is 39.3 Å². The van der Waals surface area contributed by atoms with Crippen molar-refractivity contribution in [2.75, 3.05) is 52.5 Å². The summed E-state index contributed by atoms with van der Waals surface area (Å²) in [6, 6.07) is 7.75. The predicted molar refractivity (Wildman–Crippen MR) is 128 cm³/mol. The highest BCUT2D eigenvalue weighted by Crippen LogP contribution is 2.26. The van der Waals surface area contributed by atoms with Crippen LogP contribution in [0.3, 0.4) is 0 Å². The van der Waals surface area contributed by atoms with Gasteiger partial charge in [0.15, 0.2) is 0 Å². The monoisotopic (exact) mass is 447 g/mol. The number of hydrogen-bond donors (Lipinski definition) is 3. The Hall–Kier alpha value is -2.32. The van der Waals surface area contributed by atoms with Gasteiger partial charge in [0.1, 0.15) is 0 Å². The van der Waals surface area contributed by atoms with Crippen LogP contribution in [0.25, 0.3) is 0 Å². The number of hydrogen-bond acceptors (Lipinski definition) is 4. The van der Waals surface area contributed by atoms with Gasteiger partial charge >= 0.3 is 12.1 Å². The summed E-state index contributed by atoms with van der Waals surface area (Å²) >= 11 is 0. The molecule has 0 saturated carbocycles. The van der Waals surface area contributed by atoms with E-state index in [1.807, 2.05) is 59.7 Å². The van der Waals surface area contributed by atoms with Gasteiger partial charge in [0.2, 0.25) is 0 Å². The van der Waals surface area contributed by atoms with E-state index in [1.165, 1.54) is 0 Å². The Morgan fingerprint density at radius 1 is 1.00 bits per heavy atom. The molecular formula is C24H41N5O3. The Labute approximate surface area is 193 Å². The number of amides is 4. The smallest absolute Gasteiger partial charge is 0.318 e. The SMILES string of the molecule is CCN(CC)C(=O)NC(C)(C)c1cccc(C(C)(C)NC(=O)NCCN2CCOCC2)c1. The van der Waals surface area contributed by atoms with Gasteiger partial charge in [0.05, 0.1) is 24.3 Å². The molecule has 3 N–H and O–H groups in total. The quantitative estimate of drug-likeness (QED) is 0.543. The molecule has 0 aliphatic carbocycles. The second kappa shape index (κ2) is 11.5. The fourth-order valence-corrected chi connectivity index (χ4v) is 3.78. The molecule has 0 bridgehead atoms. The molecule has 1 aliphatic rings. The zero-order chi connectivity index (χ0) is 23.8. The zero-order valence-electron chi connectivity index (χ0n) is 20.6. The van der Waals surface area contributed by atoms with Crippen LogP contribution in [-0.4, -0.2) is 74.3 Å². The average Bonchev–Trinajstić information content (AvgIpc) is 2.75. The number of urea groups is 2. The van der Waals surface area contributed by atoms with Gasteiger partial charge in [-0.15, -0.1) is 0 Å². The molecule has 1 aliphatic heterocycles. The van der Waals surface area contributed by atoms with Crippen molar-refractivity contribution in [3.8, 4) is 0 Å². The van der Waals surface area contributed by atoms with E-state index in [-0.39, 0.29) is 12.1 Å². The number of nitrogens with one attached hydrogen (secondary N) is 3. The predicted octanol–water partition coefficient (Wildman–Crippen LogP) is 2.84. The molecule has 0 atom stereocenters. The summed E-state index contributed by atoms with van der Waals surface area (Å²) in [7, 11) is 0. The standard InChI is InChI=1S/C24H41N5O3/c1-7-29(8-2)22(31)27-24(5,6)20-11-9-10-19(18-20)23(3,4)26-21(30)25-12-13-28-14-16-32-17-15-28/h9-11,18H,7-8,12-17H2,1-6H3,(H,27,31)(H2,25,26,30). The molecule has 2 rings (SSSR count). The molecule has 4 amide bonds. The minimum absolute atomic E-state index is 0.0811. The van der Waals surface area contributed by atoms with Crippen LogP contribution in [0.5, 0.6) is 0 Å². The van der Waals surface area contributed by atoms with Gasteiger partial charge in [-0.1, -0.05) is 24.3 Å². The van der Waals surface area contributed by atoms with E-state index in [4.69, 9.17) is 4.74 Å². The molecule has 32 heavy (non-hydrogen) atoms. The number of rotatable bonds is 9. The molecule has 0 radical (unpaired) electrons. The van der Waals surface area contributed by atoms with Crippen molar-refractivity contribution < 1.29 is 14.3 Å². The highest BCUT2D eigenvalue weighted by Gasteiger charge is 2.28. The second-order valence-electron chi connectivity index (χ2n) is 9.27. The molecule has 1 saturated heterocycles. The van der Waals surface area contributed by atoms with Crippen LogP contribution >= 0.6 is 0 Å². The topological polar surface area (TPSA) is 85.9 Å². The molecular weight excluding hydrogens is 406 g/mol. The van der Waals surface area contributed by atoms with E-state index >= 15 is 0 Å². The third-order valence-electron chi connectivity index (χ3n) is 6.02. The second-order valence-corrected chi connectivity index (χ2v) is 9.27. The maximum absolute atomic E-state index is 12.6. The first-order chi connectivity index (χ1) is 15.1. The van der Waals surface area contributed by atoms with Crippen molar-refractivity contribution in [1.82, 2.24) is 25.8 Å². The lowest BCUT2D eigenvalue weighted by molar-refractivity contribution is 0.0387. The van der Waals surface area contributed by atoms with Crippen LogP contribution < -0.4 is 16.0 Å². The lowest BCUT2D eigenvalue weighted by atomic mass is 9.87. The Morgan fingerprint density at radius 2 is 1.56 bits per heavy atom. The maximum Gasteiger partial charge on any atom is 0.318 e. The van der Waals surface area contributed by atoms with Crippen LogP contribution in [0, 0.1) is 0 Å². The zero-order valence-corrected chi connectivity index (χ0v) is 20.6. The van der Waals surface area contributed by atoms with Crippen LogP contribution in [0.1, 0.15) is 52.7 Å². The van der Waals surface area contributed by atoms with E-state index in [0.717, 1.165) is 44.0 Å². The first kappa shape index (κ1) is 25.9. The maximum atomic E-state index is 12.6. The molecule has 8 heteroatoms. The summed E-state index contributed by atoms with van der Waals surface area (Å²) in [5, 5.41) is 9.16. The van der Waals surface area contributed by atoms with Gasteiger partial charge in [-0.3, -0.25) is 4.90 Å². The van der Waals surface area contributed by atoms with Gasteiger partial charge in [-0.25, -0.2) is 9.59 Å². The third kappa shape index (κ3) is 7.38. The van der Waals surface area contributed by atoms with Gasteiger partial charge in [-0.05, 0) is 52.7 Å². The molecule has 0 unspecified atom stereocenters. The Morgan fingerprint density at radius 3 is 2.12 bits per heavy atom. The Kier molecular flexibility index (Phi) is 9.33. The third-order valence-corrected chi connectivity index (χ3v) is 6.02. The summed E-state index contributed by atoms with van der Waals surface area (Å²) in [6.07, 6.45) is 0. The Bertz CT molecular complexity index is 756. The average molecular weight is 448 g/mol. The van der Waals surface area contributed by atoms with Crippen molar-refractivity contribution >= 4 is 12.1 Å². The number of carbonyl (C=O) groups excluding carboxylic acids is 2. The molecule has 180 valence electrons. The minimum Gasteiger partial charge on any atom is -0.379 e. The van der Waals surface area contributed by atoms with E-state index in [0.29, 0.717) is 19.6 Å². The molecule has 1 heterocycles. The molecule has 0 spiro atoms. The van der Waals surface area contributed by atoms with Crippen molar-refractivity contribution in [2.45, 2.75) is 52.6 Å². The summed E-state index contributed by atoms with van der Waals surface area (Å²) < 4.78 is 5.35. The van der Waals surface area contributed by atoms with E-state index < -0.39 is 11.1 Å². The summed E-state index contributed by atoms with van der Waals surface area (Å²) in [5.74, 6) is 0. The highest BCUT2D eigenvalue weighted by molar-refractivity contribution is 5.75. The normalized spacial score (nSPS) is 15.2. The lowest BCUT2D eigenvalue weighted by Gasteiger charge is -2.33. The summed E-state index contributed by atoms with van der Waals surface area (Å²) in [6.45, 7) is 17.9. The van der Waals surface area contributed by atoms with E-state index in [9.17, 15) is 9.59 Å². The van der Waals surface area contributed by atoms with Crippen molar-refractivity contribution in [2.24, 2.45) is 0 Å². The first-order valence-electron chi connectivity index (χ1n) is 11.6. The van der Waals surface area contributed by atoms with Gasteiger partial charge in [0.25, 0.3) is 0 Å². The highest BCUT2D eigenvalue weighted by atomic mass is 16.5. The number of benzene rings is 1. The van der Waals surface area contributed by atoms with E-state index in [1.54, 1.807) is 4.90 Å². The summed E-state index contributed by atoms with van der Waals surface area (Å²) in [5.41, 5.74) is 0.839. The molecule has 1 aromatic carbocycles. The van der Waals surface area contributed by atoms with Crippen LogP contribution in [0.2, 0.25) is 0 Å². The minimum atomic E-state index is -0.571. The first-order valence-corrected chi connectivity index (χ1v) is 11.6. The number of nitrogens with zero attached hydrogens (tertiary/aromatic N) is 2. The summed E-state index contributed by atoms with van der Waals surface area (Å²) in [4.78, 5) is 29.1. The van der Waals surface area contributed by atoms with Gasteiger partial charge in [-0.2, -0.15) is 0 Å². The number of carbonyl (C=O) groups is 2. The fourth-order valence-electron chi connectivity index (χ4n) is 3.78. The molecule has 8 nitrogen and oxygen atoms in total. The van der Waals surface area contributed by atoms with Crippen LogP contribution in [0.4, 0.5) is 9.59 Å². The molecule has 0 aromatic heterocycles. The number of ether oxygens (including phenoxy) is 1. The van der Waals surface area contributed by atoms with Crippen LogP contribution in [-0.2, 0) is 15.8 Å². The lowest BCUT2D eigenvalue weighted by Crippen LogP contribution is -2.49. The van der Waals surface area contributed by atoms with Crippen molar-refractivity contribution in [1.29, 1.82) is 0 Å². The fraction of sp³-hybridized carbons (Fsp3) is 0.667. The Balaban J connectivity index is 1.98. The van der Waals surface area contributed by atoms with Crippen LogP contribution in [0.15, 0.2) is 24.3 Å².